The topological polar surface area (TPSA) is 55.1 Å². The van der Waals surface area contributed by atoms with Crippen molar-refractivity contribution >= 4 is 5.91 Å². The third-order valence-corrected chi connectivity index (χ3v) is 4.52. The molecule has 0 heterocycles. The van der Waals surface area contributed by atoms with Gasteiger partial charge in [-0.25, -0.2) is 0 Å². The third-order valence-electron chi connectivity index (χ3n) is 4.52. The van der Waals surface area contributed by atoms with Crippen molar-refractivity contribution in [1.82, 2.24) is 5.32 Å². The van der Waals surface area contributed by atoms with Gasteiger partial charge in [0.1, 0.15) is 0 Å². The van der Waals surface area contributed by atoms with Crippen molar-refractivity contribution in [2.75, 3.05) is 6.54 Å². The molecule has 3 nitrogen and oxygen atoms in total. The molecule has 3 heteroatoms. The summed E-state index contributed by atoms with van der Waals surface area (Å²) >= 11 is 0. The van der Waals surface area contributed by atoms with Crippen LogP contribution in [0.25, 0.3) is 0 Å². The second kappa shape index (κ2) is 9.35. The van der Waals surface area contributed by atoms with Gasteiger partial charge in [0.25, 0.3) is 0 Å². The fourth-order valence-electron chi connectivity index (χ4n) is 3.06. The van der Waals surface area contributed by atoms with Gasteiger partial charge in [-0.2, -0.15) is 0 Å². The summed E-state index contributed by atoms with van der Waals surface area (Å²) in [7, 11) is 0. The van der Waals surface area contributed by atoms with E-state index in [1.54, 1.807) is 0 Å². The van der Waals surface area contributed by atoms with E-state index in [0.717, 1.165) is 19.4 Å². The number of nitrogens with one attached hydrogen (secondary N) is 1. The van der Waals surface area contributed by atoms with Gasteiger partial charge in [-0.1, -0.05) is 32.6 Å². The number of carbonyl (C=O) groups is 1. The molecule has 2 atom stereocenters. The van der Waals surface area contributed by atoms with Gasteiger partial charge >= 0.3 is 0 Å². The van der Waals surface area contributed by atoms with Gasteiger partial charge in [-0.05, 0) is 51.0 Å². The Balaban J connectivity index is 2.22. The SMILES string of the molecule is CC(CCN)CCC(=O)N[C@H](C)C1CCCCCC1. The summed E-state index contributed by atoms with van der Waals surface area (Å²) in [5, 5.41) is 3.20. The number of rotatable bonds is 7. The molecule has 1 aliphatic rings. The predicted molar refractivity (Wildman–Crippen MR) is 80.9 cm³/mol. The number of hydrogen-bond acceptors (Lipinski definition) is 2. The zero-order chi connectivity index (χ0) is 14.1. The van der Waals surface area contributed by atoms with E-state index in [1.807, 2.05) is 0 Å². The largest absolute Gasteiger partial charge is 0.353 e. The number of carbonyl (C=O) groups excluding carboxylic acids is 1. The van der Waals surface area contributed by atoms with Gasteiger partial charge in [0, 0.05) is 12.5 Å². The summed E-state index contributed by atoms with van der Waals surface area (Å²) in [5.41, 5.74) is 5.53. The highest BCUT2D eigenvalue weighted by atomic mass is 16.1. The second-order valence-corrected chi connectivity index (χ2v) is 6.33. The molecule has 0 aliphatic heterocycles. The first-order chi connectivity index (χ1) is 9.13. The molecule has 1 rings (SSSR count). The fraction of sp³-hybridized carbons (Fsp3) is 0.938. The molecule has 1 aliphatic carbocycles. The van der Waals surface area contributed by atoms with Crippen LogP contribution in [-0.2, 0) is 4.79 Å². The Hall–Kier alpha value is -0.570. The number of hydrogen-bond donors (Lipinski definition) is 2. The normalized spacial score (nSPS) is 20.6. The maximum Gasteiger partial charge on any atom is 0.220 e. The molecule has 1 amide bonds. The van der Waals surface area contributed by atoms with Crippen molar-refractivity contribution in [3.8, 4) is 0 Å². The molecular weight excluding hydrogens is 236 g/mol. The molecule has 0 bridgehead atoms. The van der Waals surface area contributed by atoms with Gasteiger partial charge in [0.05, 0.1) is 0 Å². The van der Waals surface area contributed by atoms with Gasteiger partial charge in [-0.15, -0.1) is 0 Å². The quantitative estimate of drug-likeness (QED) is 0.697. The highest BCUT2D eigenvalue weighted by Gasteiger charge is 2.20. The minimum atomic E-state index is 0.223. The van der Waals surface area contributed by atoms with Crippen LogP contribution >= 0.6 is 0 Å². The molecular formula is C16H32N2O. The first-order valence-corrected chi connectivity index (χ1v) is 8.13. The van der Waals surface area contributed by atoms with Gasteiger partial charge in [0.2, 0.25) is 5.91 Å². The predicted octanol–water partition coefficient (Wildman–Crippen LogP) is 3.23. The van der Waals surface area contributed by atoms with E-state index in [1.165, 1.54) is 38.5 Å². The van der Waals surface area contributed by atoms with E-state index in [9.17, 15) is 4.79 Å². The van der Waals surface area contributed by atoms with Crippen molar-refractivity contribution in [3.63, 3.8) is 0 Å². The number of nitrogens with two attached hydrogens (primary N) is 1. The zero-order valence-corrected chi connectivity index (χ0v) is 12.8. The van der Waals surface area contributed by atoms with Crippen molar-refractivity contribution in [2.24, 2.45) is 17.6 Å². The first-order valence-electron chi connectivity index (χ1n) is 8.13. The van der Waals surface area contributed by atoms with E-state index in [2.05, 4.69) is 19.2 Å². The molecule has 0 aromatic heterocycles. The van der Waals surface area contributed by atoms with Gasteiger partial charge in [-0.3, -0.25) is 4.79 Å². The lowest BCUT2D eigenvalue weighted by atomic mass is 9.92. The van der Waals surface area contributed by atoms with Crippen LogP contribution in [0.15, 0.2) is 0 Å². The van der Waals surface area contributed by atoms with E-state index in [0.29, 0.717) is 24.3 Å². The van der Waals surface area contributed by atoms with Crippen LogP contribution < -0.4 is 11.1 Å². The fourth-order valence-corrected chi connectivity index (χ4v) is 3.06. The van der Waals surface area contributed by atoms with E-state index in [4.69, 9.17) is 5.73 Å². The summed E-state index contributed by atoms with van der Waals surface area (Å²) in [4.78, 5) is 11.9. The van der Waals surface area contributed by atoms with Crippen molar-refractivity contribution in [2.45, 2.75) is 77.7 Å². The highest BCUT2D eigenvalue weighted by molar-refractivity contribution is 5.76. The monoisotopic (exact) mass is 268 g/mol. The smallest absolute Gasteiger partial charge is 0.220 e. The Bertz CT molecular complexity index is 247. The van der Waals surface area contributed by atoms with E-state index in [-0.39, 0.29) is 5.91 Å². The molecule has 112 valence electrons. The number of amides is 1. The standard InChI is InChI=1S/C16H32N2O/c1-13(11-12-17)9-10-16(19)18-14(2)15-7-5-3-4-6-8-15/h13-15H,3-12,17H2,1-2H3,(H,18,19)/t13?,14-/m1/s1. The van der Waals surface area contributed by atoms with Crippen LogP contribution in [0, 0.1) is 11.8 Å². The van der Waals surface area contributed by atoms with Crippen LogP contribution in [0.3, 0.4) is 0 Å². The van der Waals surface area contributed by atoms with Crippen LogP contribution in [0.1, 0.15) is 71.6 Å². The van der Waals surface area contributed by atoms with Crippen LogP contribution in [0.4, 0.5) is 0 Å². The minimum Gasteiger partial charge on any atom is -0.353 e. The lowest BCUT2D eigenvalue weighted by molar-refractivity contribution is -0.122. The first kappa shape index (κ1) is 16.5. The van der Waals surface area contributed by atoms with E-state index < -0.39 is 0 Å². The molecule has 0 saturated heterocycles. The van der Waals surface area contributed by atoms with Crippen molar-refractivity contribution in [3.05, 3.63) is 0 Å². The van der Waals surface area contributed by atoms with Gasteiger partial charge in [0.15, 0.2) is 0 Å². The molecule has 1 fully saturated rings. The maximum atomic E-state index is 11.9. The zero-order valence-electron chi connectivity index (χ0n) is 12.8. The Morgan fingerprint density at radius 2 is 1.79 bits per heavy atom. The molecule has 0 radical (unpaired) electrons. The third kappa shape index (κ3) is 6.95. The Kier molecular flexibility index (Phi) is 8.11. The molecule has 0 aromatic carbocycles. The van der Waals surface area contributed by atoms with Crippen LogP contribution in [0.2, 0.25) is 0 Å². The van der Waals surface area contributed by atoms with E-state index >= 15 is 0 Å². The molecule has 1 saturated carbocycles. The van der Waals surface area contributed by atoms with Gasteiger partial charge < -0.3 is 11.1 Å². The molecule has 0 spiro atoms. The summed E-state index contributed by atoms with van der Waals surface area (Å²) in [5.74, 6) is 1.47. The summed E-state index contributed by atoms with van der Waals surface area (Å²) in [6, 6.07) is 0.343. The summed E-state index contributed by atoms with van der Waals surface area (Å²) < 4.78 is 0. The van der Waals surface area contributed by atoms with Crippen molar-refractivity contribution in [1.29, 1.82) is 0 Å². The van der Waals surface area contributed by atoms with Crippen molar-refractivity contribution < 1.29 is 4.79 Å². The Morgan fingerprint density at radius 1 is 1.16 bits per heavy atom. The molecule has 0 aromatic rings. The summed E-state index contributed by atoms with van der Waals surface area (Å²) in [6.07, 6.45) is 10.6. The Labute approximate surface area is 118 Å². The molecule has 1 unspecified atom stereocenters. The lowest BCUT2D eigenvalue weighted by Crippen LogP contribution is -2.38. The maximum absolute atomic E-state index is 11.9. The lowest BCUT2D eigenvalue weighted by Gasteiger charge is -2.23. The average molecular weight is 268 g/mol. The summed E-state index contributed by atoms with van der Waals surface area (Å²) in [6.45, 7) is 5.08. The molecule has 19 heavy (non-hydrogen) atoms. The second-order valence-electron chi connectivity index (χ2n) is 6.33. The molecule has 3 N–H and O–H groups in total. The van der Waals surface area contributed by atoms with Crippen LogP contribution in [-0.4, -0.2) is 18.5 Å². The Morgan fingerprint density at radius 3 is 2.37 bits per heavy atom. The minimum absolute atomic E-state index is 0.223. The average Bonchev–Trinajstić information content (AvgIpc) is 2.65. The van der Waals surface area contributed by atoms with Crippen LogP contribution in [0.5, 0.6) is 0 Å². The highest BCUT2D eigenvalue weighted by Crippen LogP contribution is 2.25.